The van der Waals surface area contributed by atoms with Gasteiger partial charge < -0.3 is 24.2 Å². The number of ether oxygens (including phenoxy) is 2. The second-order valence-electron chi connectivity index (χ2n) is 17.4. The van der Waals surface area contributed by atoms with Gasteiger partial charge in [-0.05, 0) is 143 Å². The van der Waals surface area contributed by atoms with Gasteiger partial charge in [-0.1, -0.05) is 30.3 Å². The van der Waals surface area contributed by atoms with E-state index < -0.39 is 6.04 Å². The number of benzene rings is 3. The van der Waals surface area contributed by atoms with Crippen LogP contribution in [-0.2, 0) is 9.59 Å². The van der Waals surface area contributed by atoms with Crippen LogP contribution in [0.1, 0.15) is 120 Å². The summed E-state index contributed by atoms with van der Waals surface area (Å²) >= 11 is 0. The summed E-state index contributed by atoms with van der Waals surface area (Å²) in [7, 11) is 1.56. The van der Waals surface area contributed by atoms with Crippen molar-refractivity contribution in [2.75, 3.05) is 71.0 Å². The fourth-order valence-corrected chi connectivity index (χ4v) is 10.3. The zero-order chi connectivity index (χ0) is 41.8. The summed E-state index contributed by atoms with van der Waals surface area (Å²) < 4.78 is 11.2. The SMILES string of the molecule is CCOc1cc([C@@H](CC#N)N2C(=O)c3ccc(N4CCC(CN5CCC(CN6CCC(c7ccc(C8CCC(=O)NC8=O)cc7)CC6)CC5)CC4)cc3C2=O)ccc1OC. The van der Waals surface area contributed by atoms with E-state index >= 15 is 0 Å². The predicted molar refractivity (Wildman–Crippen MR) is 228 cm³/mol. The summed E-state index contributed by atoms with van der Waals surface area (Å²) in [5.41, 5.74) is 4.75. The lowest BCUT2D eigenvalue weighted by atomic mass is 9.85. The van der Waals surface area contributed by atoms with E-state index in [-0.39, 0.29) is 36.0 Å². The average Bonchev–Trinajstić information content (AvgIpc) is 3.51. The molecule has 3 aromatic carbocycles. The summed E-state index contributed by atoms with van der Waals surface area (Å²) in [5, 5.41) is 12.2. The zero-order valence-electron chi connectivity index (χ0n) is 35.1. The van der Waals surface area contributed by atoms with E-state index in [4.69, 9.17) is 9.47 Å². The largest absolute Gasteiger partial charge is 0.493 e. The van der Waals surface area contributed by atoms with Gasteiger partial charge in [-0.25, -0.2) is 0 Å². The van der Waals surface area contributed by atoms with E-state index in [2.05, 4.69) is 50.4 Å². The first-order chi connectivity index (χ1) is 29.2. The Hall–Kier alpha value is -5.25. The third-order valence-electron chi connectivity index (χ3n) is 13.7. The molecule has 4 amide bonds. The molecule has 0 bridgehead atoms. The first kappa shape index (κ1) is 41.5. The Morgan fingerprint density at radius 3 is 2.00 bits per heavy atom. The van der Waals surface area contributed by atoms with E-state index in [0.717, 1.165) is 88.7 Å². The van der Waals surface area contributed by atoms with E-state index in [1.165, 1.54) is 29.8 Å². The minimum Gasteiger partial charge on any atom is -0.493 e. The van der Waals surface area contributed by atoms with Gasteiger partial charge in [0, 0.05) is 38.3 Å². The number of hydrogen-bond acceptors (Lipinski definition) is 10. The smallest absolute Gasteiger partial charge is 0.262 e. The summed E-state index contributed by atoms with van der Waals surface area (Å²) in [6.45, 7) is 11.0. The van der Waals surface area contributed by atoms with Crippen molar-refractivity contribution in [3.05, 3.63) is 88.5 Å². The van der Waals surface area contributed by atoms with Crippen molar-refractivity contribution in [1.82, 2.24) is 20.0 Å². The number of imide groups is 2. The van der Waals surface area contributed by atoms with Gasteiger partial charge >= 0.3 is 0 Å². The standard InChI is InChI=1S/C48H58N6O6/c1-3-60-44-28-37(8-12-43(44)59-2)42(14-21-49)54-47(57)40-10-9-38(29-41(40)48(54)58)53-26-17-33(18-27-53)31-51-22-15-32(16-23-51)30-52-24-19-35(20-25-52)34-4-6-36(7-5-34)39-11-13-45(55)50-46(39)56/h4-10,12,28-29,32-33,35,39,42H,3,11,13-20,22-27,30-31H2,1-2H3,(H,50,55,56)/t39?,42-/m1/s1. The number of hydrogen-bond donors (Lipinski definition) is 1. The van der Waals surface area contributed by atoms with Gasteiger partial charge in [-0.15, -0.1) is 0 Å². The van der Waals surface area contributed by atoms with Crippen LogP contribution in [0.25, 0.3) is 0 Å². The lowest BCUT2D eigenvalue weighted by Crippen LogP contribution is -2.44. The Balaban J connectivity index is 0.775. The highest BCUT2D eigenvalue weighted by Crippen LogP contribution is 2.39. The number of nitriles is 1. The van der Waals surface area contributed by atoms with Gasteiger partial charge in [0.1, 0.15) is 0 Å². The van der Waals surface area contributed by atoms with E-state index in [9.17, 15) is 24.4 Å². The molecule has 4 fully saturated rings. The lowest BCUT2D eigenvalue weighted by molar-refractivity contribution is -0.134. The minimum atomic E-state index is -0.749. The quantitative estimate of drug-likeness (QED) is 0.187. The van der Waals surface area contributed by atoms with Gasteiger partial charge in [0.2, 0.25) is 11.8 Å². The number of amides is 4. The van der Waals surface area contributed by atoms with E-state index in [1.54, 1.807) is 31.4 Å². The van der Waals surface area contributed by atoms with Crippen LogP contribution < -0.4 is 19.7 Å². The summed E-state index contributed by atoms with van der Waals surface area (Å²) in [5.74, 6) is 1.67. The number of nitrogens with one attached hydrogen (secondary N) is 1. The summed E-state index contributed by atoms with van der Waals surface area (Å²) in [6, 6.07) is 20.9. The first-order valence-corrected chi connectivity index (χ1v) is 22.1. The minimum absolute atomic E-state index is 0.0325. The van der Waals surface area contributed by atoms with Crippen LogP contribution in [0.2, 0.25) is 0 Å². The van der Waals surface area contributed by atoms with Crippen molar-refractivity contribution in [1.29, 1.82) is 5.26 Å². The molecule has 0 radical (unpaired) electrons. The van der Waals surface area contributed by atoms with Crippen LogP contribution >= 0.6 is 0 Å². The molecule has 8 rings (SSSR count). The molecule has 3 aromatic rings. The van der Waals surface area contributed by atoms with Gasteiger partial charge in [-0.2, -0.15) is 5.26 Å². The second-order valence-corrected chi connectivity index (χ2v) is 17.4. The Labute approximate surface area is 353 Å². The molecule has 5 aliphatic rings. The third-order valence-corrected chi connectivity index (χ3v) is 13.7. The topological polar surface area (TPSA) is 136 Å². The summed E-state index contributed by atoms with van der Waals surface area (Å²) in [4.78, 5) is 60.4. The number of carbonyl (C=O) groups is 4. The molecule has 4 saturated heterocycles. The predicted octanol–water partition coefficient (Wildman–Crippen LogP) is 6.67. The van der Waals surface area contributed by atoms with E-state index in [0.29, 0.717) is 59.5 Å². The number of likely N-dealkylation sites (tertiary alicyclic amines) is 2. The Morgan fingerprint density at radius 1 is 0.733 bits per heavy atom. The first-order valence-electron chi connectivity index (χ1n) is 22.1. The lowest BCUT2D eigenvalue weighted by Gasteiger charge is -2.40. The fraction of sp³-hybridized carbons (Fsp3) is 0.521. The molecule has 1 unspecified atom stereocenters. The number of rotatable bonds is 13. The number of piperidine rings is 4. The molecule has 0 aliphatic carbocycles. The highest BCUT2D eigenvalue weighted by atomic mass is 16.5. The van der Waals surface area contributed by atoms with Crippen molar-refractivity contribution in [2.24, 2.45) is 11.8 Å². The molecule has 0 saturated carbocycles. The van der Waals surface area contributed by atoms with Crippen LogP contribution in [0, 0.1) is 23.2 Å². The summed E-state index contributed by atoms with van der Waals surface area (Å²) in [6.07, 6.45) is 7.98. The van der Waals surface area contributed by atoms with Crippen LogP contribution in [0.15, 0.2) is 60.7 Å². The van der Waals surface area contributed by atoms with Crippen LogP contribution in [0.3, 0.4) is 0 Å². The highest BCUT2D eigenvalue weighted by Gasteiger charge is 2.41. The number of carbonyl (C=O) groups excluding carboxylic acids is 4. The Kier molecular flexibility index (Phi) is 12.8. The molecule has 5 heterocycles. The maximum Gasteiger partial charge on any atom is 0.262 e. The van der Waals surface area contributed by atoms with Crippen molar-refractivity contribution in [3.8, 4) is 17.6 Å². The highest BCUT2D eigenvalue weighted by molar-refractivity contribution is 6.22. The molecule has 60 heavy (non-hydrogen) atoms. The molecule has 0 aromatic heterocycles. The number of fused-ring (bicyclic) bond motifs is 1. The van der Waals surface area contributed by atoms with Crippen molar-refractivity contribution < 1.29 is 28.7 Å². The second kappa shape index (κ2) is 18.6. The Bertz CT molecular complexity index is 2090. The number of methoxy groups -OCH3 is 1. The number of nitrogens with zero attached hydrogens (tertiary/aromatic N) is 5. The van der Waals surface area contributed by atoms with Gasteiger partial charge in [0.15, 0.2) is 11.5 Å². The Morgan fingerprint density at radius 2 is 1.37 bits per heavy atom. The molecule has 2 atom stereocenters. The van der Waals surface area contributed by atoms with Gasteiger partial charge in [-0.3, -0.25) is 29.4 Å². The third kappa shape index (κ3) is 8.93. The molecule has 12 nitrogen and oxygen atoms in total. The van der Waals surface area contributed by atoms with Crippen molar-refractivity contribution in [3.63, 3.8) is 0 Å². The molecule has 1 N–H and O–H groups in total. The maximum absolute atomic E-state index is 13.9. The monoisotopic (exact) mass is 814 g/mol. The van der Waals surface area contributed by atoms with Gasteiger partial charge in [0.25, 0.3) is 11.8 Å². The van der Waals surface area contributed by atoms with Crippen molar-refractivity contribution >= 4 is 29.3 Å². The van der Waals surface area contributed by atoms with E-state index in [1.807, 2.05) is 19.1 Å². The molecular formula is C48H58N6O6. The van der Waals surface area contributed by atoms with Crippen LogP contribution in [0.5, 0.6) is 11.5 Å². The van der Waals surface area contributed by atoms with Crippen LogP contribution in [0.4, 0.5) is 5.69 Å². The van der Waals surface area contributed by atoms with Crippen LogP contribution in [-0.4, -0.2) is 104 Å². The average molecular weight is 815 g/mol. The number of anilines is 1. The molecular weight excluding hydrogens is 757 g/mol. The molecule has 0 spiro atoms. The van der Waals surface area contributed by atoms with Crippen molar-refractivity contribution in [2.45, 2.75) is 82.6 Å². The zero-order valence-corrected chi connectivity index (χ0v) is 35.1. The van der Waals surface area contributed by atoms with Gasteiger partial charge in [0.05, 0.1) is 49.3 Å². The molecule has 5 aliphatic heterocycles. The maximum atomic E-state index is 13.9. The molecule has 12 heteroatoms. The normalized spacial score (nSPS) is 21.8. The molecule has 316 valence electrons. The fourth-order valence-electron chi connectivity index (χ4n) is 10.3.